The number of unbranched alkanes of at least 4 members (excludes halogenated alkanes) is 30. The van der Waals surface area contributed by atoms with Crippen LogP contribution in [0.15, 0.2) is 0 Å². The summed E-state index contributed by atoms with van der Waals surface area (Å²) in [5.74, 6) is -0.504. The minimum Gasteiger partial charge on any atom is -0.463 e. The van der Waals surface area contributed by atoms with Crippen molar-refractivity contribution in [3.05, 3.63) is 0 Å². The first-order chi connectivity index (χ1) is 25.8. The number of phosphoric acid groups is 1. The van der Waals surface area contributed by atoms with E-state index in [0.717, 1.165) is 38.5 Å². The van der Waals surface area contributed by atoms with E-state index in [1.54, 1.807) is 0 Å². The van der Waals surface area contributed by atoms with Crippen LogP contribution >= 0.6 is 7.82 Å². The van der Waals surface area contributed by atoms with Crippen molar-refractivity contribution in [1.82, 2.24) is 5.32 Å². The van der Waals surface area contributed by atoms with E-state index in [2.05, 4.69) is 19.2 Å². The third kappa shape index (κ3) is 42.0. The number of aliphatic hydroxyl groups is 1. The topological polar surface area (TPSA) is 131 Å². The van der Waals surface area contributed by atoms with Crippen LogP contribution in [-0.2, 0) is 27.9 Å². The molecule has 3 N–H and O–H groups in total. The molecule has 0 aliphatic rings. The molecule has 0 saturated heterocycles. The van der Waals surface area contributed by atoms with Gasteiger partial charge in [0.15, 0.2) is 0 Å². The lowest BCUT2D eigenvalue weighted by Gasteiger charge is -2.15. The van der Waals surface area contributed by atoms with Crippen molar-refractivity contribution >= 4 is 19.7 Å². The highest BCUT2D eigenvalue weighted by Gasteiger charge is 2.23. The van der Waals surface area contributed by atoms with Crippen molar-refractivity contribution in [2.75, 3.05) is 26.4 Å². The predicted octanol–water partition coefficient (Wildman–Crippen LogP) is 12.4. The van der Waals surface area contributed by atoms with Crippen molar-refractivity contribution in [3.8, 4) is 0 Å². The SMILES string of the molecule is CCCCCCCCCCCCCCCCCCCCCCCC(=O)NCCOP(=O)(O)OCC(O)COC(=O)CCCCCCCCCCCCC. The molecule has 2 atom stereocenters. The molecule has 10 heteroatoms. The molecule has 0 saturated carbocycles. The van der Waals surface area contributed by atoms with Crippen LogP contribution in [0.2, 0.25) is 0 Å². The standard InChI is InChI=1S/C43H86NO8P/c1-3-5-7-9-11-13-15-16-17-18-19-20-21-22-23-24-26-27-29-31-33-35-42(46)44-37-38-51-53(48,49)52-40-41(45)39-50-43(47)36-34-32-30-28-25-14-12-10-8-6-4-2/h41,45H,3-40H2,1-2H3,(H,44,46)(H,48,49). The van der Waals surface area contributed by atoms with Gasteiger partial charge in [0, 0.05) is 19.4 Å². The maximum Gasteiger partial charge on any atom is 0.472 e. The highest BCUT2D eigenvalue weighted by Crippen LogP contribution is 2.42. The molecule has 9 nitrogen and oxygen atoms in total. The van der Waals surface area contributed by atoms with Crippen LogP contribution < -0.4 is 5.32 Å². The van der Waals surface area contributed by atoms with E-state index in [4.69, 9.17) is 13.8 Å². The normalized spacial score (nSPS) is 13.2. The number of amides is 1. The van der Waals surface area contributed by atoms with E-state index in [1.807, 2.05) is 0 Å². The van der Waals surface area contributed by atoms with Crippen molar-refractivity contribution in [2.45, 2.75) is 238 Å². The number of carbonyl (C=O) groups excluding carboxylic acids is 2. The van der Waals surface area contributed by atoms with Crippen molar-refractivity contribution in [3.63, 3.8) is 0 Å². The molecule has 0 spiro atoms. The minimum absolute atomic E-state index is 0.0885. The summed E-state index contributed by atoms with van der Waals surface area (Å²) < 4.78 is 26.8. The number of ether oxygens (including phenoxy) is 1. The highest BCUT2D eigenvalue weighted by molar-refractivity contribution is 7.47. The molecule has 0 aromatic carbocycles. The minimum atomic E-state index is -4.41. The smallest absolute Gasteiger partial charge is 0.463 e. The van der Waals surface area contributed by atoms with Crippen LogP contribution in [0.5, 0.6) is 0 Å². The second kappa shape index (κ2) is 40.7. The van der Waals surface area contributed by atoms with Gasteiger partial charge >= 0.3 is 13.8 Å². The fourth-order valence-corrected chi connectivity index (χ4v) is 7.37. The first kappa shape index (κ1) is 52.0. The first-order valence-corrected chi connectivity index (χ1v) is 24.0. The van der Waals surface area contributed by atoms with Crippen molar-refractivity contribution in [1.29, 1.82) is 0 Å². The number of hydrogen-bond donors (Lipinski definition) is 3. The Morgan fingerprint density at radius 3 is 1.23 bits per heavy atom. The second-order valence-corrected chi connectivity index (χ2v) is 16.8. The Bertz CT molecular complexity index is 845. The molecular weight excluding hydrogens is 689 g/mol. The first-order valence-electron chi connectivity index (χ1n) is 22.5. The van der Waals surface area contributed by atoms with Crippen molar-refractivity contribution < 1.29 is 37.9 Å². The molecule has 0 fully saturated rings. The molecule has 0 aliphatic heterocycles. The van der Waals surface area contributed by atoms with Crippen LogP contribution in [0.4, 0.5) is 0 Å². The number of carbonyl (C=O) groups is 2. The van der Waals surface area contributed by atoms with Gasteiger partial charge in [-0.2, -0.15) is 0 Å². The zero-order valence-electron chi connectivity index (χ0n) is 34.7. The fraction of sp³-hybridized carbons (Fsp3) is 0.953. The largest absolute Gasteiger partial charge is 0.472 e. The number of rotatable bonds is 43. The summed E-state index contributed by atoms with van der Waals surface area (Å²) in [6, 6.07) is 0. The Balaban J connectivity index is 3.51. The van der Waals surface area contributed by atoms with Crippen LogP contribution in [-0.4, -0.2) is 54.3 Å². The Kier molecular flexibility index (Phi) is 39.9. The monoisotopic (exact) mass is 776 g/mol. The summed E-state index contributed by atoms with van der Waals surface area (Å²) in [4.78, 5) is 33.9. The number of nitrogens with one attached hydrogen (secondary N) is 1. The van der Waals surface area contributed by atoms with E-state index in [1.165, 1.54) is 167 Å². The number of hydrogen-bond acceptors (Lipinski definition) is 7. The second-order valence-electron chi connectivity index (χ2n) is 15.4. The summed E-state index contributed by atoms with van der Waals surface area (Å²) in [7, 11) is -4.41. The molecule has 0 aliphatic carbocycles. The maximum atomic E-state index is 12.1. The van der Waals surface area contributed by atoms with Crippen LogP contribution in [0.25, 0.3) is 0 Å². The average molecular weight is 776 g/mol. The molecule has 0 rings (SSSR count). The fourth-order valence-electron chi connectivity index (χ4n) is 6.62. The summed E-state index contributed by atoms with van der Waals surface area (Å²) in [5, 5.41) is 12.7. The van der Waals surface area contributed by atoms with Gasteiger partial charge in [-0.15, -0.1) is 0 Å². The Morgan fingerprint density at radius 2 is 0.849 bits per heavy atom. The van der Waals surface area contributed by atoms with Crippen LogP contribution in [0.1, 0.15) is 232 Å². The van der Waals surface area contributed by atoms with Crippen LogP contribution in [0, 0.1) is 0 Å². The van der Waals surface area contributed by atoms with Gasteiger partial charge in [-0.25, -0.2) is 4.57 Å². The van der Waals surface area contributed by atoms with Gasteiger partial charge in [0.1, 0.15) is 12.7 Å². The molecule has 0 heterocycles. The molecule has 2 unspecified atom stereocenters. The van der Waals surface area contributed by atoms with E-state index >= 15 is 0 Å². The third-order valence-corrected chi connectivity index (χ3v) is 11.0. The van der Waals surface area contributed by atoms with Gasteiger partial charge < -0.3 is 20.1 Å². The van der Waals surface area contributed by atoms with E-state index in [0.29, 0.717) is 6.42 Å². The van der Waals surface area contributed by atoms with Gasteiger partial charge in [0.05, 0.1) is 13.2 Å². The zero-order chi connectivity index (χ0) is 38.9. The molecule has 1 amide bonds. The summed E-state index contributed by atoms with van der Waals surface area (Å²) >= 11 is 0. The van der Waals surface area contributed by atoms with Gasteiger partial charge in [0.2, 0.25) is 5.91 Å². The summed E-state index contributed by atoms with van der Waals surface area (Å²) in [6.07, 6.45) is 40.4. The van der Waals surface area contributed by atoms with Gasteiger partial charge in [-0.3, -0.25) is 18.6 Å². The molecule has 0 radical (unpaired) electrons. The number of aliphatic hydroxyl groups excluding tert-OH is 1. The van der Waals surface area contributed by atoms with Gasteiger partial charge in [-0.05, 0) is 12.8 Å². The van der Waals surface area contributed by atoms with E-state index in [-0.39, 0.29) is 32.1 Å². The van der Waals surface area contributed by atoms with Gasteiger partial charge in [-0.1, -0.05) is 206 Å². The average Bonchev–Trinajstić information content (AvgIpc) is 3.14. The number of esters is 1. The quantitative estimate of drug-likeness (QED) is 0.0317. The lowest BCUT2D eigenvalue weighted by atomic mass is 10.0. The Hall–Kier alpha value is -0.990. The van der Waals surface area contributed by atoms with E-state index < -0.39 is 26.5 Å². The van der Waals surface area contributed by atoms with Crippen LogP contribution in [0.3, 0.4) is 0 Å². The zero-order valence-corrected chi connectivity index (χ0v) is 35.6. The molecule has 0 aromatic heterocycles. The predicted molar refractivity (Wildman–Crippen MR) is 220 cm³/mol. The Labute approximate surface area is 326 Å². The maximum absolute atomic E-state index is 12.1. The molecule has 53 heavy (non-hydrogen) atoms. The molecule has 316 valence electrons. The summed E-state index contributed by atoms with van der Waals surface area (Å²) in [6.45, 7) is 3.58. The lowest BCUT2D eigenvalue weighted by molar-refractivity contribution is -0.147. The lowest BCUT2D eigenvalue weighted by Crippen LogP contribution is -2.27. The molecular formula is C43H86NO8P. The summed E-state index contributed by atoms with van der Waals surface area (Å²) in [5.41, 5.74) is 0. The highest BCUT2D eigenvalue weighted by atomic mass is 31.2. The molecule has 0 aromatic rings. The van der Waals surface area contributed by atoms with Gasteiger partial charge in [0.25, 0.3) is 0 Å². The molecule has 0 bridgehead atoms. The van der Waals surface area contributed by atoms with Crippen molar-refractivity contribution in [2.24, 2.45) is 0 Å². The number of phosphoric ester groups is 1. The third-order valence-electron chi connectivity index (χ3n) is 10.0. The Morgan fingerprint density at radius 1 is 0.509 bits per heavy atom. The van der Waals surface area contributed by atoms with E-state index in [9.17, 15) is 24.2 Å².